The summed E-state index contributed by atoms with van der Waals surface area (Å²) in [5.74, 6) is -1.10. The van der Waals surface area contributed by atoms with Crippen LogP contribution < -0.4 is 10.2 Å². The molecule has 5 nitrogen and oxygen atoms in total. The molecular weight excluding hydrogens is 324 g/mol. The minimum absolute atomic E-state index is 0.0168. The molecule has 0 atom stereocenters. The first-order chi connectivity index (χ1) is 9.97. The standard InChI is InChI=1S/C13H8Cl2FNO4/c14-7-3-6-11(9(15)10(7)16)17-4-8(12(6)18)21-13(19)20-5-1-2-5/h3-5H,1-2H2,(H,17,18). The zero-order valence-corrected chi connectivity index (χ0v) is 11.9. The molecule has 1 aromatic carbocycles. The fourth-order valence-corrected chi connectivity index (χ4v) is 2.27. The highest BCUT2D eigenvalue weighted by Gasteiger charge is 2.27. The Hall–Kier alpha value is -1.79. The van der Waals surface area contributed by atoms with E-state index in [0.29, 0.717) is 0 Å². The Morgan fingerprint density at radius 2 is 2.10 bits per heavy atom. The van der Waals surface area contributed by atoms with Crippen LogP contribution in [0.25, 0.3) is 10.9 Å². The van der Waals surface area contributed by atoms with E-state index in [9.17, 15) is 14.0 Å². The monoisotopic (exact) mass is 331 g/mol. The number of fused-ring (bicyclic) bond motifs is 1. The van der Waals surface area contributed by atoms with Gasteiger partial charge in [0.1, 0.15) is 11.1 Å². The Morgan fingerprint density at radius 3 is 2.76 bits per heavy atom. The first-order valence-corrected chi connectivity index (χ1v) is 6.80. The SMILES string of the molecule is O=C(Oc1c[nH]c2c(Cl)c(F)c(Cl)cc2c1=O)OC1CC1. The van der Waals surface area contributed by atoms with Crippen LogP contribution in [0.3, 0.4) is 0 Å². The first kappa shape index (κ1) is 14.2. The minimum atomic E-state index is -0.957. The van der Waals surface area contributed by atoms with Gasteiger partial charge in [-0.2, -0.15) is 0 Å². The third-order valence-corrected chi connectivity index (χ3v) is 3.59. The predicted molar refractivity (Wildman–Crippen MR) is 74.7 cm³/mol. The summed E-state index contributed by atoms with van der Waals surface area (Å²) in [5, 5.41) is -0.583. The Bertz CT molecular complexity index is 801. The van der Waals surface area contributed by atoms with E-state index in [1.54, 1.807) is 0 Å². The summed E-state index contributed by atoms with van der Waals surface area (Å²) in [6.45, 7) is 0. The number of H-pyrrole nitrogens is 1. The number of hydrogen-bond acceptors (Lipinski definition) is 4. The molecule has 0 spiro atoms. The first-order valence-electron chi connectivity index (χ1n) is 6.04. The summed E-state index contributed by atoms with van der Waals surface area (Å²) in [6.07, 6.45) is 1.59. The van der Waals surface area contributed by atoms with Crippen molar-refractivity contribution in [2.75, 3.05) is 0 Å². The lowest BCUT2D eigenvalue weighted by Gasteiger charge is -2.07. The molecule has 0 unspecified atom stereocenters. The molecule has 1 aliphatic rings. The van der Waals surface area contributed by atoms with Gasteiger partial charge in [0.05, 0.1) is 15.9 Å². The van der Waals surface area contributed by atoms with Crippen molar-refractivity contribution < 1.29 is 18.7 Å². The van der Waals surface area contributed by atoms with Gasteiger partial charge in [-0.15, -0.1) is 0 Å². The van der Waals surface area contributed by atoms with Gasteiger partial charge in [0.25, 0.3) is 0 Å². The minimum Gasteiger partial charge on any atom is -0.431 e. The van der Waals surface area contributed by atoms with E-state index in [1.165, 1.54) is 0 Å². The highest BCUT2D eigenvalue weighted by atomic mass is 35.5. The molecule has 0 saturated heterocycles. The van der Waals surface area contributed by atoms with E-state index in [4.69, 9.17) is 32.7 Å². The molecule has 0 bridgehead atoms. The fourth-order valence-electron chi connectivity index (χ4n) is 1.76. The fraction of sp³-hybridized carbons (Fsp3) is 0.231. The number of ether oxygens (including phenoxy) is 2. The van der Waals surface area contributed by atoms with Crippen molar-refractivity contribution in [3.05, 3.63) is 38.3 Å². The number of pyridine rings is 1. The van der Waals surface area contributed by atoms with E-state index in [-0.39, 0.29) is 32.8 Å². The quantitative estimate of drug-likeness (QED) is 0.673. The number of aromatic nitrogens is 1. The molecule has 1 saturated carbocycles. The Kier molecular flexibility index (Phi) is 3.51. The van der Waals surface area contributed by atoms with Crippen LogP contribution in [0, 0.1) is 5.82 Å². The third-order valence-electron chi connectivity index (χ3n) is 2.96. The van der Waals surface area contributed by atoms with Crippen molar-refractivity contribution in [1.82, 2.24) is 4.98 Å². The molecule has 1 N–H and O–H groups in total. The second-order valence-corrected chi connectivity index (χ2v) is 5.35. The number of nitrogens with one attached hydrogen (secondary N) is 1. The predicted octanol–water partition coefficient (Wildman–Crippen LogP) is 3.65. The van der Waals surface area contributed by atoms with Gasteiger partial charge in [-0.25, -0.2) is 9.18 Å². The number of rotatable bonds is 2. The molecule has 2 aromatic rings. The van der Waals surface area contributed by atoms with E-state index >= 15 is 0 Å². The topological polar surface area (TPSA) is 68.4 Å². The maximum Gasteiger partial charge on any atom is 0.514 e. The average Bonchev–Trinajstić information content (AvgIpc) is 3.24. The van der Waals surface area contributed by atoms with Crippen LogP contribution in [0.1, 0.15) is 12.8 Å². The van der Waals surface area contributed by atoms with Crippen LogP contribution in [0.5, 0.6) is 5.75 Å². The van der Waals surface area contributed by atoms with Gasteiger partial charge in [-0.1, -0.05) is 23.2 Å². The number of carbonyl (C=O) groups is 1. The summed E-state index contributed by atoms with van der Waals surface area (Å²) < 4.78 is 23.3. The molecule has 8 heteroatoms. The van der Waals surface area contributed by atoms with Crippen LogP contribution in [0.15, 0.2) is 17.1 Å². The second-order valence-electron chi connectivity index (χ2n) is 4.56. The molecule has 0 radical (unpaired) electrons. The molecule has 21 heavy (non-hydrogen) atoms. The maximum atomic E-state index is 13.6. The van der Waals surface area contributed by atoms with Gasteiger partial charge < -0.3 is 14.5 Å². The maximum absolute atomic E-state index is 13.6. The van der Waals surface area contributed by atoms with Crippen molar-refractivity contribution in [3.63, 3.8) is 0 Å². The van der Waals surface area contributed by atoms with Crippen molar-refractivity contribution in [1.29, 1.82) is 0 Å². The zero-order valence-electron chi connectivity index (χ0n) is 10.4. The molecule has 0 amide bonds. The van der Waals surface area contributed by atoms with Crippen molar-refractivity contribution in [3.8, 4) is 5.75 Å². The molecule has 0 aliphatic heterocycles. The van der Waals surface area contributed by atoms with Crippen molar-refractivity contribution in [2.24, 2.45) is 0 Å². The van der Waals surface area contributed by atoms with Gasteiger partial charge in [-0.3, -0.25) is 4.79 Å². The molecule has 1 fully saturated rings. The lowest BCUT2D eigenvalue weighted by molar-refractivity contribution is 0.0921. The summed E-state index contributed by atoms with van der Waals surface area (Å²) in [6, 6.07) is 1.12. The van der Waals surface area contributed by atoms with Crippen LogP contribution in [0.4, 0.5) is 9.18 Å². The number of halogens is 3. The van der Waals surface area contributed by atoms with E-state index in [2.05, 4.69) is 4.98 Å². The molecule has 1 aromatic heterocycles. The normalized spacial score (nSPS) is 14.2. The van der Waals surface area contributed by atoms with Gasteiger partial charge in [-0.05, 0) is 18.9 Å². The van der Waals surface area contributed by atoms with Gasteiger partial charge in [0.15, 0.2) is 11.6 Å². The summed E-state index contributed by atoms with van der Waals surface area (Å²) in [5.41, 5.74) is -0.563. The summed E-state index contributed by atoms with van der Waals surface area (Å²) in [7, 11) is 0. The smallest absolute Gasteiger partial charge is 0.431 e. The summed E-state index contributed by atoms with van der Waals surface area (Å²) >= 11 is 11.4. The zero-order chi connectivity index (χ0) is 15.1. The molecular formula is C13H8Cl2FNO4. The van der Waals surface area contributed by atoms with Crippen LogP contribution in [-0.4, -0.2) is 17.2 Å². The van der Waals surface area contributed by atoms with E-state index < -0.39 is 17.4 Å². The molecule has 3 rings (SSSR count). The number of hydrogen-bond donors (Lipinski definition) is 1. The lowest BCUT2D eigenvalue weighted by atomic mass is 10.2. The van der Waals surface area contributed by atoms with Crippen LogP contribution in [0.2, 0.25) is 10.0 Å². The van der Waals surface area contributed by atoms with E-state index in [0.717, 1.165) is 25.1 Å². The van der Waals surface area contributed by atoms with Gasteiger partial charge >= 0.3 is 6.16 Å². The van der Waals surface area contributed by atoms with Crippen LogP contribution in [-0.2, 0) is 4.74 Å². The lowest BCUT2D eigenvalue weighted by Crippen LogP contribution is -2.17. The third kappa shape index (κ3) is 2.69. The number of aromatic amines is 1. The number of benzene rings is 1. The van der Waals surface area contributed by atoms with Crippen molar-refractivity contribution in [2.45, 2.75) is 18.9 Å². The highest BCUT2D eigenvalue weighted by Crippen LogP contribution is 2.30. The number of carbonyl (C=O) groups excluding carboxylic acids is 1. The molecule has 1 aliphatic carbocycles. The molecule has 1 heterocycles. The summed E-state index contributed by atoms with van der Waals surface area (Å²) in [4.78, 5) is 26.2. The Balaban J connectivity index is 2.01. The molecule has 110 valence electrons. The van der Waals surface area contributed by atoms with Gasteiger partial charge in [0, 0.05) is 6.20 Å². The van der Waals surface area contributed by atoms with Gasteiger partial charge in [0.2, 0.25) is 5.43 Å². The largest absolute Gasteiger partial charge is 0.514 e. The van der Waals surface area contributed by atoms with Crippen molar-refractivity contribution >= 4 is 40.3 Å². The Labute approximate surface area is 127 Å². The average molecular weight is 332 g/mol. The van der Waals surface area contributed by atoms with E-state index in [1.807, 2.05) is 0 Å². The second kappa shape index (κ2) is 5.20. The van der Waals surface area contributed by atoms with Crippen LogP contribution >= 0.6 is 23.2 Å². The highest BCUT2D eigenvalue weighted by molar-refractivity contribution is 6.38. The Morgan fingerprint density at radius 1 is 1.38 bits per heavy atom.